The van der Waals surface area contributed by atoms with Crippen LogP contribution in [0.3, 0.4) is 0 Å². The van der Waals surface area contributed by atoms with E-state index in [1.807, 2.05) is 6.07 Å². The number of amides is 1. The molecular formula is C29H32FN7O5S. The van der Waals surface area contributed by atoms with Gasteiger partial charge in [-0.15, -0.1) is 5.10 Å². The number of aryl methyl sites for hydroxylation is 1. The molecule has 1 N–H and O–H groups in total. The fraction of sp³-hybridized carbons (Fsp3) is 0.379. The molecule has 43 heavy (non-hydrogen) atoms. The minimum atomic E-state index is -4.29. The first-order valence-electron chi connectivity index (χ1n) is 14.1. The molecule has 0 bridgehead atoms. The SMILES string of the molecule is Cc1ccc(N(C)S(=O)(=O)NC(=O)c2cnc3ccc(N4CCC[C@@H]4c4cc(F)ccc4OC4CCOCC4)cn23)nn1. The third-order valence-electron chi connectivity index (χ3n) is 7.79. The van der Waals surface area contributed by atoms with Gasteiger partial charge in [0.25, 0.3) is 5.91 Å². The Hall–Kier alpha value is -4.30. The Kier molecular flexibility index (Phi) is 7.88. The zero-order valence-electron chi connectivity index (χ0n) is 23.8. The van der Waals surface area contributed by atoms with E-state index in [0.717, 1.165) is 41.2 Å². The monoisotopic (exact) mass is 609 g/mol. The van der Waals surface area contributed by atoms with Crippen LogP contribution in [0.5, 0.6) is 5.75 Å². The van der Waals surface area contributed by atoms with Crippen molar-refractivity contribution in [2.45, 2.75) is 44.8 Å². The van der Waals surface area contributed by atoms with Crippen LogP contribution in [0.25, 0.3) is 5.65 Å². The van der Waals surface area contributed by atoms with Crippen molar-refractivity contribution in [3.63, 3.8) is 0 Å². The van der Waals surface area contributed by atoms with E-state index in [1.54, 1.807) is 35.7 Å². The number of imidazole rings is 1. The Morgan fingerprint density at radius 3 is 2.70 bits per heavy atom. The zero-order chi connectivity index (χ0) is 30.1. The summed E-state index contributed by atoms with van der Waals surface area (Å²) in [7, 11) is -3.01. The molecular weight excluding hydrogens is 577 g/mol. The third kappa shape index (κ3) is 5.97. The number of aromatic nitrogens is 4. The van der Waals surface area contributed by atoms with Gasteiger partial charge in [0.15, 0.2) is 5.82 Å². The summed E-state index contributed by atoms with van der Waals surface area (Å²) in [5, 5.41) is 7.76. The average molecular weight is 610 g/mol. The first kappa shape index (κ1) is 28.8. The first-order chi connectivity index (χ1) is 20.7. The molecule has 226 valence electrons. The Bertz CT molecular complexity index is 1740. The van der Waals surface area contributed by atoms with E-state index in [1.165, 1.54) is 31.4 Å². The maximum absolute atomic E-state index is 14.5. The molecule has 2 saturated heterocycles. The van der Waals surface area contributed by atoms with Crippen LogP contribution in [-0.2, 0) is 14.9 Å². The standard InChI is InChI=1S/C29H32FN7O5S/c1-19-5-9-28(33-32-19)35(2)43(39,40)34-29(38)25-17-31-27-10-7-21(18-37(25)27)36-13-3-4-24(36)23-16-20(30)6-8-26(23)42-22-11-14-41-15-12-22/h5-10,16-18,22,24H,3-4,11-15H2,1-2H3,(H,34,38)/t24-/m1/s1. The van der Waals surface area contributed by atoms with Crippen molar-refractivity contribution in [3.05, 3.63) is 77.6 Å². The van der Waals surface area contributed by atoms with Crippen molar-refractivity contribution in [1.82, 2.24) is 24.3 Å². The maximum atomic E-state index is 14.5. The summed E-state index contributed by atoms with van der Waals surface area (Å²) in [5.41, 5.74) is 2.67. The molecule has 3 aromatic heterocycles. The number of carbonyl (C=O) groups is 1. The molecule has 2 fully saturated rings. The molecule has 0 saturated carbocycles. The molecule has 2 aliphatic rings. The van der Waals surface area contributed by atoms with E-state index in [0.29, 0.717) is 36.8 Å². The highest BCUT2D eigenvalue weighted by atomic mass is 32.2. The summed E-state index contributed by atoms with van der Waals surface area (Å²) < 4.78 is 56.8. The molecule has 14 heteroatoms. The van der Waals surface area contributed by atoms with Crippen LogP contribution in [0, 0.1) is 12.7 Å². The van der Waals surface area contributed by atoms with Crippen LogP contribution in [0.1, 0.15) is 53.5 Å². The van der Waals surface area contributed by atoms with E-state index in [-0.39, 0.29) is 29.5 Å². The second kappa shape index (κ2) is 11.8. The molecule has 2 aliphatic heterocycles. The van der Waals surface area contributed by atoms with Crippen molar-refractivity contribution < 1.29 is 27.1 Å². The Balaban J connectivity index is 1.26. The van der Waals surface area contributed by atoms with Crippen LogP contribution in [0.15, 0.2) is 54.9 Å². The van der Waals surface area contributed by atoms with E-state index in [2.05, 4.69) is 24.8 Å². The van der Waals surface area contributed by atoms with E-state index < -0.39 is 16.1 Å². The van der Waals surface area contributed by atoms with Gasteiger partial charge in [0.2, 0.25) is 0 Å². The predicted molar refractivity (Wildman–Crippen MR) is 157 cm³/mol. The second-order valence-electron chi connectivity index (χ2n) is 10.7. The highest BCUT2D eigenvalue weighted by molar-refractivity contribution is 7.91. The summed E-state index contributed by atoms with van der Waals surface area (Å²) >= 11 is 0. The highest BCUT2D eigenvalue weighted by Crippen LogP contribution is 2.41. The number of halogens is 1. The van der Waals surface area contributed by atoms with Crippen LogP contribution in [0.2, 0.25) is 0 Å². The number of hydrogen-bond acceptors (Lipinski definition) is 9. The lowest BCUT2D eigenvalue weighted by molar-refractivity contribution is 0.0250. The lowest BCUT2D eigenvalue weighted by Crippen LogP contribution is -2.42. The lowest BCUT2D eigenvalue weighted by atomic mass is 10.0. The lowest BCUT2D eigenvalue weighted by Gasteiger charge is -2.30. The van der Waals surface area contributed by atoms with Gasteiger partial charge in [-0.3, -0.25) is 9.20 Å². The van der Waals surface area contributed by atoms with Crippen LogP contribution in [-0.4, -0.2) is 66.8 Å². The fourth-order valence-corrected chi connectivity index (χ4v) is 6.31. The summed E-state index contributed by atoms with van der Waals surface area (Å²) in [6.45, 7) is 3.70. The van der Waals surface area contributed by atoms with Crippen molar-refractivity contribution in [2.24, 2.45) is 0 Å². The summed E-state index contributed by atoms with van der Waals surface area (Å²) in [5.74, 6) is -0.481. The minimum Gasteiger partial charge on any atom is -0.490 e. The summed E-state index contributed by atoms with van der Waals surface area (Å²) in [4.78, 5) is 19.7. The minimum absolute atomic E-state index is 0.00422. The van der Waals surface area contributed by atoms with Gasteiger partial charge in [0, 0.05) is 38.2 Å². The number of anilines is 2. The average Bonchev–Trinajstić information content (AvgIpc) is 3.66. The van der Waals surface area contributed by atoms with Gasteiger partial charge in [-0.1, -0.05) is 0 Å². The molecule has 0 radical (unpaired) electrons. The summed E-state index contributed by atoms with van der Waals surface area (Å²) in [6.07, 6.45) is 6.28. The number of fused-ring (bicyclic) bond motifs is 1. The van der Waals surface area contributed by atoms with Crippen LogP contribution >= 0.6 is 0 Å². The van der Waals surface area contributed by atoms with Gasteiger partial charge in [-0.25, -0.2) is 18.4 Å². The molecule has 0 aliphatic carbocycles. The summed E-state index contributed by atoms with van der Waals surface area (Å²) in [6, 6.07) is 11.3. The molecule has 12 nitrogen and oxygen atoms in total. The van der Waals surface area contributed by atoms with Gasteiger partial charge < -0.3 is 14.4 Å². The molecule has 4 aromatic rings. The molecule has 0 unspecified atom stereocenters. The van der Waals surface area contributed by atoms with Crippen molar-refractivity contribution >= 4 is 33.3 Å². The highest BCUT2D eigenvalue weighted by Gasteiger charge is 2.31. The molecule has 1 amide bonds. The van der Waals surface area contributed by atoms with Crippen LogP contribution in [0.4, 0.5) is 15.9 Å². The molecule has 1 aromatic carbocycles. The number of ether oxygens (including phenoxy) is 2. The van der Waals surface area contributed by atoms with E-state index in [9.17, 15) is 17.6 Å². The van der Waals surface area contributed by atoms with Gasteiger partial charge in [0.05, 0.1) is 36.8 Å². The number of rotatable bonds is 8. The third-order valence-corrected chi connectivity index (χ3v) is 9.14. The van der Waals surface area contributed by atoms with Gasteiger partial charge in [-0.2, -0.15) is 13.5 Å². The largest absolute Gasteiger partial charge is 0.490 e. The smallest absolute Gasteiger partial charge is 0.327 e. The Morgan fingerprint density at radius 1 is 1.12 bits per heavy atom. The normalized spacial score (nSPS) is 17.7. The first-order valence-corrected chi connectivity index (χ1v) is 15.5. The molecule has 5 heterocycles. The second-order valence-corrected chi connectivity index (χ2v) is 12.4. The van der Waals surface area contributed by atoms with Gasteiger partial charge in [0.1, 0.15) is 29.0 Å². The van der Waals surface area contributed by atoms with E-state index in [4.69, 9.17) is 9.47 Å². The number of nitrogens with one attached hydrogen (secondary N) is 1. The van der Waals surface area contributed by atoms with Crippen molar-refractivity contribution in [1.29, 1.82) is 0 Å². The molecule has 0 spiro atoms. The molecule has 1 atom stereocenters. The van der Waals surface area contributed by atoms with Crippen molar-refractivity contribution in [2.75, 3.05) is 36.0 Å². The quantitative estimate of drug-likeness (QED) is 0.318. The molecule has 6 rings (SSSR count). The van der Waals surface area contributed by atoms with Gasteiger partial charge in [-0.05, 0) is 62.2 Å². The Morgan fingerprint density at radius 2 is 1.93 bits per heavy atom. The number of hydrogen-bond donors (Lipinski definition) is 1. The predicted octanol–water partition coefficient (Wildman–Crippen LogP) is 3.58. The topological polar surface area (TPSA) is 131 Å². The zero-order valence-corrected chi connectivity index (χ0v) is 24.6. The Labute approximate surface area is 248 Å². The number of nitrogens with zero attached hydrogens (tertiary/aromatic N) is 6. The van der Waals surface area contributed by atoms with E-state index >= 15 is 0 Å². The van der Waals surface area contributed by atoms with Crippen LogP contribution < -0.4 is 18.7 Å². The maximum Gasteiger partial charge on any atom is 0.327 e. The van der Waals surface area contributed by atoms with Gasteiger partial charge >= 0.3 is 10.2 Å². The van der Waals surface area contributed by atoms with Crippen molar-refractivity contribution in [3.8, 4) is 5.75 Å². The fourth-order valence-electron chi connectivity index (χ4n) is 5.49. The number of carbonyl (C=O) groups excluding carboxylic acids is 1. The number of pyridine rings is 1. The number of benzene rings is 1.